The van der Waals surface area contributed by atoms with Crippen LogP contribution in [-0.4, -0.2) is 25.6 Å². The number of halogens is 1. The Balaban J connectivity index is 2.32. The zero-order valence-corrected chi connectivity index (χ0v) is 10.0. The van der Waals surface area contributed by atoms with Crippen LogP contribution in [-0.2, 0) is 18.3 Å². The average Bonchev–Trinajstić information content (AvgIpc) is 2.84. The fraction of sp³-hybridized carbons (Fsp3) is 0.273. The van der Waals surface area contributed by atoms with Crippen LogP contribution in [0.25, 0.3) is 11.3 Å². The summed E-state index contributed by atoms with van der Waals surface area (Å²) >= 11 is 6.06. The maximum Gasteiger partial charge on any atom is 0.303 e. The molecule has 2 heterocycles. The largest absolute Gasteiger partial charge is 0.481 e. The summed E-state index contributed by atoms with van der Waals surface area (Å²) in [4.78, 5) is 17.7. The SMILES string of the molecule is Cn1c(CCC(=O)O)nc(Cl)c1-c1cc[nH]c1. The van der Waals surface area contributed by atoms with E-state index in [4.69, 9.17) is 16.7 Å². The summed E-state index contributed by atoms with van der Waals surface area (Å²) in [6.07, 6.45) is 4.04. The third kappa shape index (κ3) is 2.34. The lowest BCUT2D eigenvalue weighted by Crippen LogP contribution is -2.03. The van der Waals surface area contributed by atoms with Crippen LogP contribution in [0.2, 0.25) is 5.15 Å². The second-order valence-electron chi connectivity index (χ2n) is 3.72. The van der Waals surface area contributed by atoms with Crippen molar-refractivity contribution in [2.75, 3.05) is 0 Å². The minimum atomic E-state index is -0.840. The second kappa shape index (κ2) is 4.63. The molecule has 0 unspecified atom stereocenters. The number of aryl methyl sites for hydroxylation is 1. The Bertz CT molecular complexity index is 531. The first-order chi connectivity index (χ1) is 8.09. The van der Waals surface area contributed by atoms with Gasteiger partial charge in [0.2, 0.25) is 0 Å². The van der Waals surface area contributed by atoms with E-state index in [0.717, 1.165) is 11.3 Å². The Morgan fingerprint density at radius 1 is 1.65 bits per heavy atom. The van der Waals surface area contributed by atoms with Crippen molar-refractivity contribution in [3.05, 3.63) is 29.4 Å². The number of rotatable bonds is 4. The number of carboxylic acid groups (broad SMARTS) is 1. The van der Waals surface area contributed by atoms with Gasteiger partial charge in [0.1, 0.15) is 5.82 Å². The van der Waals surface area contributed by atoms with Crippen LogP contribution in [0.1, 0.15) is 12.2 Å². The van der Waals surface area contributed by atoms with Gasteiger partial charge in [-0.3, -0.25) is 4.79 Å². The first-order valence-corrected chi connectivity index (χ1v) is 5.53. The zero-order chi connectivity index (χ0) is 12.4. The quantitative estimate of drug-likeness (QED) is 0.876. The van der Waals surface area contributed by atoms with Crippen molar-refractivity contribution in [2.45, 2.75) is 12.8 Å². The second-order valence-corrected chi connectivity index (χ2v) is 4.08. The van der Waals surface area contributed by atoms with E-state index in [-0.39, 0.29) is 6.42 Å². The van der Waals surface area contributed by atoms with E-state index < -0.39 is 5.97 Å². The molecule has 0 aliphatic rings. The fourth-order valence-corrected chi connectivity index (χ4v) is 2.07. The van der Waals surface area contributed by atoms with Gasteiger partial charge in [0.25, 0.3) is 0 Å². The molecule has 2 aromatic heterocycles. The summed E-state index contributed by atoms with van der Waals surface area (Å²) < 4.78 is 1.83. The minimum absolute atomic E-state index is 0.0494. The molecular formula is C11H12ClN3O2. The maximum atomic E-state index is 10.5. The number of aromatic amines is 1. The molecule has 17 heavy (non-hydrogen) atoms. The lowest BCUT2D eigenvalue weighted by Gasteiger charge is -2.03. The fourth-order valence-electron chi connectivity index (χ4n) is 1.73. The monoisotopic (exact) mass is 253 g/mol. The Kier molecular flexibility index (Phi) is 3.19. The smallest absolute Gasteiger partial charge is 0.303 e. The Labute approximate surface area is 103 Å². The molecule has 0 spiro atoms. The molecule has 2 aromatic rings. The van der Waals surface area contributed by atoms with E-state index in [1.165, 1.54) is 0 Å². The third-order valence-corrected chi connectivity index (χ3v) is 2.84. The van der Waals surface area contributed by atoms with Crippen molar-refractivity contribution >= 4 is 17.6 Å². The van der Waals surface area contributed by atoms with Crippen LogP contribution in [0.15, 0.2) is 18.5 Å². The van der Waals surface area contributed by atoms with Crippen molar-refractivity contribution in [1.82, 2.24) is 14.5 Å². The molecular weight excluding hydrogens is 242 g/mol. The molecule has 0 radical (unpaired) electrons. The van der Waals surface area contributed by atoms with Crippen LogP contribution in [0.5, 0.6) is 0 Å². The van der Waals surface area contributed by atoms with Crippen LogP contribution < -0.4 is 0 Å². The van der Waals surface area contributed by atoms with Gasteiger partial charge in [0.05, 0.1) is 12.1 Å². The van der Waals surface area contributed by atoms with Crippen molar-refractivity contribution in [2.24, 2.45) is 7.05 Å². The summed E-state index contributed by atoms with van der Waals surface area (Å²) in [6, 6.07) is 1.89. The number of aromatic nitrogens is 3. The molecule has 5 nitrogen and oxygen atoms in total. The average molecular weight is 254 g/mol. The molecule has 2 N–H and O–H groups in total. The van der Waals surface area contributed by atoms with Gasteiger partial charge < -0.3 is 14.7 Å². The van der Waals surface area contributed by atoms with Crippen LogP contribution in [0, 0.1) is 0 Å². The number of hydrogen-bond acceptors (Lipinski definition) is 2. The topological polar surface area (TPSA) is 70.9 Å². The highest BCUT2D eigenvalue weighted by atomic mass is 35.5. The molecule has 90 valence electrons. The molecule has 0 bridgehead atoms. The zero-order valence-electron chi connectivity index (χ0n) is 9.27. The van der Waals surface area contributed by atoms with Gasteiger partial charge in [-0.15, -0.1) is 0 Å². The van der Waals surface area contributed by atoms with Crippen LogP contribution in [0.3, 0.4) is 0 Å². The molecule has 0 saturated heterocycles. The molecule has 0 fully saturated rings. The number of nitrogens with zero attached hydrogens (tertiary/aromatic N) is 2. The van der Waals surface area contributed by atoms with Gasteiger partial charge in [-0.2, -0.15) is 0 Å². The van der Waals surface area contributed by atoms with Crippen LogP contribution in [0.4, 0.5) is 0 Å². The highest BCUT2D eigenvalue weighted by Crippen LogP contribution is 2.28. The maximum absolute atomic E-state index is 10.5. The number of hydrogen-bond donors (Lipinski definition) is 2. The van der Waals surface area contributed by atoms with Crippen molar-refractivity contribution in [3.63, 3.8) is 0 Å². The number of carboxylic acids is 1. The highest BCUT2D eigenvalue weighted by Gasteiger charge is 2.15. The number of nitrogens with one attached hydrogen (secondary N) is 1. The first-order valence-electron chi connectivity index (χ1n) is 5.15. The van der Waals surface area contributed by atoms with E-state index >= 15 is 0 Å². The standard InChI is InChI=1S/C11H12ClN3O2/c1-15-8(2-3-9(16)17)14-11(12)10(15)7-4-5-13-6-7/h4-6,13H,2-3H2,1H3,(H,16,17). The van der Waals surface area contributed by atoms with Crippen molar-refractivity contribution in [3.8, 4) is 11.3 Å². The minimum Gasteiger partial charge on any atom is -0.481 e. The normalized spacial score (nSPS) is 10.7. The number of carbonyl (C=O) groups is 1. The molecule has 0 amide bonds. The number of aliphatic carboxylic acids is 1. The summed E-state index contributed by atoms with van der Waals surface area (Å²) in [5.41, 5.74) is 1.74. The van der Waals surface area contributed by atoms with E-state index in [1.54, 1.807) is 6.20 Å². The Hall–Kier alpha value is -1.75. The van der Waals surface area contributed by atoms with E-state index in [0.29, 0.717) is 17.4 Å². The van der Waals surface area contributed by atoms with Crippen LogP contribution >= 0.6 is 11.6 Å². The predicted molar refractivity (Wildman–Crippen MR) is 64.0 cm³/mol. The number of H-pyrrole nitrogens is 1. The van der Waals surface area contributed by atoms with Gasteiger partial charge in [0.15, 0.2) is 5.15 Å². The predicted octanol–water partition coefficient (Wildman–Crippen LogP) is 2.09. The summed E-state index contributed by atoms with van der Waals surface area (Å²) in [6.45, 7) is 0. The van der Waals surface area contributed by atoms with Gasteiger partial charge in [-0.1, -0.05) is 11.6 Å². The van der Waals surface area contributed by atoms with E-state index in [9.17, 15) is 4.79 Å². The molecule has 0 aliphatic carbocycles. The van der Waals surface area contributed by atoms with Gasteiger partial charge in [-0.05, 0) is 6.07 Å². The Morgan fingerprint density at radius 3 is 3.00 bits per heavy atom. The molecule has 0 atom stereocenters. The van der Waals surface area contributed by atoms with Gasteiger partial charge in [0, 0.05) is 31.4 Å². The molecule has 2 rings (SSSR count). The Morgan fingerprint density at radius 2 is 2.41 bits per heavy atom. The summed E-state index contributed by atoms with van der Waals surface area (Å²) in [5.74, 6) is -0.166. The van der Waals surface area contributed by atoms with Crippen molar-refractivity contribution < 1.29 is 9.90 Å². The van der Waals surface area contributed by atoms with Gasteiger partial charge >= 0.3 is 5.97 Å². The highest BCUT2D eigenvalue weighted by molar-refractivity contribution is 6.32. The van der Waals surface area contributed by atoms with Crippen molar-refractivity contribution in [1.29, 1.82) is 0 Å². The number of imidazole rings is 1. The van der Waals surface area contributed by atoms with E-state index in [2.05, 4.69) is 9.97 Å². The summed E-state index contributed by atoms with van der Waals surface area (Å²) in [7, 11) is 1.83. The molecule has 0 aliphatic heterocycles. The van der Waals surface area contributed by atoms with Gasteiger partial charge in [-0.25, -0.2) is 4.98 Å². The lowest BCUT2D eigenvalue weighted by molar-refractivity contribution is -0.137. The first kappa shape index (κ1) is 11.7. The third-order valence-electron chi connectivity index (χ3n) is 2.58. The molecule has 0 aromatic carbocycles. The molecule has 0 saturated carbocycles. The molecule has 6 heteroatoms. The van der Waals surface area contributed by atoms with E-state index in [1.807, 2.05) is 23.9 Å². The lowest BCUT2D eigenvalue weighted by atomic mass is 10.2. The summed E-state index contributed by atoms with van der Waals surface area (Å²) in [5, 5.41) is 9.05.